The van der Waals surface area contributed by atoms with Gasteiger partial charge in [-0.25, -0.2) is 16.8 Å². The average Bonchev–Trinajstić information content (AvgIpc) is 3.65. The van der Waals surface area contributed by atoms with Crippen LogP contribution >= 0.6 is 46.4 Å². The number of hydrogen-bond donors (Lipinski definition) is 0. The number of halogens is 4. The highest BCUT2D eigenvalue weighted by Gasteiger charge is 2.71. The van der Waals surface area contributed by atoms with E-state index >= 15 is 0 Å². The van der Waals surface area contributed by atoms with Gasteiger partial charge in [0.15, 0.2) is 0 Å². The van der Waals surface area contributed by atoms with Crippen LogP contribution in [-0.2, 0) is 20.0 Å². The Morgan fingerprint density at radius 3 is 1.20 bits per heavy atom. The second-order valence-electron chi connectivity index (χ2n) is 11.6. The molecule has 0 radical (unpaired) electrons. The summed E-state index contributed by atoms with van der Waals surface area (Å²) in [6, 6.07) is 13.1. The zero-order chi connectivity index (χ0) is 29.4. The van der Waals surface area contributed by atoms with Crippen LogP contribution in [-0.4, -0.2) is 58.3 Å². The van der Waals surface area contributed by atoms with Crippen LogP contribution in [0.2, 0.25) is 0 Å². The molecule has 2 aromatic carbocycles. The lowest BCUT2D eigenvalue weighted by atomic mass is 10.1. The van der Waals surface area contributed by atoms with Crippen LogP contribution < -0.4 is 0 Å². The second-order valence-corrected chi connectivity index (χ2v) is 18.2. The fourth-order valence-electron chi connectivity index (χ4n) is 6.22. The Kier molecular flexibility index (Phi) is 8.14. The zero-order valence-electron chi connectivity index (χ0n) is 22.8. The molecule has 0 unspecified atom stereocenters. The molecule has 0 N–H and O–H groups in total. The number of piperidine rings is 2. The normalized spacial score (nSPS) is 32.7. The number of benzene rings is 2. The third-order valence-corrected chi connectivity index (χ3v) is 14.8. The van der Waals surface area contributed by atoms with Crippen molar-refractivity contribution < 1.29 is 16.8 Å². The van der Waals surface area contributed by atoms with Gasteiger partial charge in [-0.2, -0.15) is 8.61 Å². The zero-order valence-corrected chi connectivity index (χ0v) is 27.4. The average molecular weight is 669 g/mol. The smallest absolute Gasteiger partial charge is 0.207 e. The van der Waals surface area contributed by atoms with Gasteiger partial charge in [-0.3, -0.25) is 0 Å². The molecule has 0 amide bonds. The quantitative estimate of drug-likeness (QED) is 0.341. The molecule has 12 heteroatoms. The van der Waals surface area contributed by atoms with E-state index in [9.17, 15) is 16.8 Å². The molecule has 6 atom stereocenters. The minimum Gasteiger partial charge on any atom is -0.207 e. The van der Waals surface area contributed by atoms with E-state index in [1.807, 2.05) is 27.7 Å². The Labute approximate surface area is 258 Å². The van der Waals surface area contributed by atoms with Crippen LogP contribution in [0.1, 0.15) is 50.7 Å². The number of aryl methyl sites for hydroxylation is 2. The molecule has 2 saturated carbocycles. The van der Waals surface area contributed by atoms with Crippen LogP contribution in [0.3, 0.4) is 0 Å². The summed E-state index contributed by atoms with van der Waals surface area (Å²) >= 11 is 25.0. The lowest BCUT2D eigenvalue weighted by Crippen LogP contribution is -2.44. The fourth-order valence-corrected chi connectivity index (χ4v) is 12.0. The van der Waals surface area contributed by atoms with E-state index in [0.29, 0.717) is 9.79 Å². The molecule has 6 rings (SSSR count). The number of alkyl halides is 4. The van der Waals surface area contributed by atoms with Crippen LogP contribution in [0, 0.1) is 25.7 Å². The van der Waals surface area contributed by atoms with Gasteiger partial charge in [-0.15, -0.1) is 0 Å². The molecule has 220 valence electrons. The van der Waals surface area contributed by atoms with E-state index in [1.54, 1.807) is 48.5 Å². The minimum absolute atomic E-state index is 0.0576. The van der Waals surface area contributed by atoms with Gasteiger partial charge in [0.05, 0.1) is 21.9 Å². The van der Waals surface area contributed by atoms with Crippen molar-refractivity contribution in [1.82, 2.24) is 8.61 Å². The summed E-state index contributed by atoms with van der Waals surface area (Å²) in [5.74, 6) is 0.115. The molecule has 4 aliphatic rings. The molecule has 2 aromatic rings. The molecule has 0 bridgehead atoms. The Morgan fingerprint density at radius 2 is 0.900 bits per heavy atom. The number of hydrogen-bond acceptors (Lipinski definition) is 4. The summed E-state index contributed by atoms with van der Waals surface area (Å²) in [6.07, 6.45) is 3.37. The number of fused-ring (bicyclic) bond motifs is 2. The van der Waals surface area contributed by atoms with Crippen LogP contribution in [0.25, 0.3) is 0 Å². The molecule has 2 heterocycles. The Bertz CT molecular complexity index is 1370. The molecule has 0 spiro atoms. The van der Waals surface area contributed by atoms with Crippen LogP contribution in [0.4, 0.5) is 0 Å². The monoisotopic (exact) mass is 666 g/mol. The number of sulfonamides is 2. The predicted molar refractivity (Wildman–Crippen MR) is 161 cm³/mol. The van der Waals surface area contributed by atoms with Gasteiger partial charge in [-0.05, 0) is 77.6 Å². The minimum atomic E-state index is -3.54. The molecule has 2 aliphatic heterocycles. The first-order valence-corrected chi connectivity index (χ1v) is 17.9. The first-order chi connectivity index (χ1) is 18.5. The topological polar surface area (TPSA) is 74.8 Å². The van der Waals surface area contributed by atoms with Gasteiger partial charge in [0.1, 0.15) is 8.67 Å². The van der Waals surface area contributed by atoms with E-state index < -0.39 is 28.7 Å². The van der Waals surface area contributed by atoms with Crippen molar-refractivity contribution in [2.75, 3.05) is 0 Å². The standard InChI is InChI=1S/2C14H17Cl2NO2S/c2*1-9-3-6-11(7-4-9)20(18,19)17-10(2)5-8-12-13(17)14(12,15)16/h2*3-4,6-7,10,12-13H,5,8H2,1-2H3/t2*10-,12-,13+/m00/s1. The summed E-state index contributed by atoms with van der Waals surface area (Å²) in [7, 11) is -7.08. The third-order valence-electron chi connectivity index (χ3n) is 8.72. The summed E-state index contributed by atoms with van der Waals surface area (Å²) in [5, 5.41) is 0. The van der Waals surface area contributed by atoms with Crippen LogP contribution in [0.15, 0.2) is 58.3 Å². The maximum Gasteiger partial charge on any atom is 0.243 e. The lowest BCUT2D eigenvalue weighted by Gasteiger charge is -2.32. The van der Waals surface area contributed by atoms with Crippen molar-refractivity contribution in [2.24, 2.45) is 11.8 Å². The molecule has 4 fully saturated rings. The first kappa shape index (κ1) is 30.9. The number of nitrogens with zero attached hydrogens (tertiary/aromatic N) is 2. The molecular formula is C28H34Cl4N2O4S2. The molecule has 2 aliphatic carbocycles. The van der Waals surface area contributed by atoms with E-state index in [-0.39, 0.29) is 36.0 Å². The maximum absolute atomic E-state index is 12.8. The predicted octanol–water partition coefficient (Wildman–Crippen LogP) is 6.68. The molecule has 0 aromatic heterocycles. The summed E-state index contributed by atoms with van der Waals surface area (Å²) in [5.41, 5.74) is 2.06. The highest BCUT2D eigenvalue weighted by Crippen LogP contribution is 2.63. The Hall–Kier alpha value is -0.580. The van der Waals surface area contributed by atoms with Crippen LogP contribution in [0.5, 0.6) is 0 Å². The Balaban J connectivity index is 0.000000161. The summed E-state index contributed by atoms with van der Waals surface area (Å²) in [4.78, 5) is 0.623. The van der Waals surface area contributed by atoms with Gasteiger partial charge in [0.2, 0.25) is 20.0 Å². The highest BCUT2D eigenvalue weighted by molar-refractivity contribution is 7.89. The van der Waals surface area contributed by atoms with Crippen molar-refractivity contribution >= 4 is 66.5 Å². The van der Waals surface area contributed by atoms with Gasteiger partial charge < -0.3 is 0 Å². The highest BCUT2D eigenvalue weighted by atomic mass is 35.5. The maximum atomic E-state index is 12.8. The fraction of sp³-hybridized carbons (Fsp3) is 0.571. The summed E-state index contributed by atoms with van der Waals surface area (Å²) in [6.45, 7) is 7.70. The molecule has 6 nitrogen and oxygen atoms in total. The van der Waals surface area contributed by atoms with E-state index in [1.165, 1.54) is 8.61 Å². The second kappa shape index (κ2) is 10.5. The van der Waals surface area contributed by atoms with E-state index in [4.69, 9.17) is 46.4 Å². The van der Waals surface area contributed by atoms with Crippen molar-refractivity contribution in [3.63, 3.8) is 0 Å². The van der Waals surface area contributed by atoms with Crippen molar-refractivity contribution in [3.8, 4) is 0 Å². The molecular weight excluding hydrogens is 634 g/mol. The van der Waals surface area contributed by atoms with Gasteiger partial charge in [0.25, 0.3) is 0 Å². The van der Waals surface area contributed by atoms with E-state index in [2.05, 4.69) is 0 Å². The largest absolute Gasteiger partial charge is 0.243 e. The SMILES string of the molecule is Cc1ccc(S(=O)(=O)N2[C@@H](C)CC[C@H]3[C@@H]2C3(Cl)Cl)cc1.Cc1ccc(S(=O)(=O)N2[C@@H](C)CC[C@H]3[C@@H]2C3(Cl)Cl)cc1. The van der Waals surface area contributed by atoms with Gasteiger partial charge in [0, 0.05) is 23.9 Å². The molecule has 2 saturated heterocycles. The van der Waals surface area contributed by atoms with E-state index in [0.717, 1.165) is 36.8 Å². The first-order valence-electron chi connectivity index (χ1n) is 13.5. The van der Waals surface area contributed by atoms with Crippen molar-refractivity contribution in [3.05, 3.63) is 59.7 Å². The lowest BCUT2D eigenvalue weighted by molar-refractivity contribution is 0.257. The summed E-state index contributed by atoms with van der Waals surface area (Å²) < 4.78 is 52.6. The third kappa shape index (κ3) is 5.23. The Morgan fingerprint density at radius 1 is 0.600 bits per heavy atom. The van der Waals surface area contributed by atoms with Gasteiger partial charge in [-0.1, -0.05) is 81.8 Å². The van der Waals surface area contributed by atoms with Crippen molar-refractivity contribution in [2.45, 2.75) is 96.0 Å². The number of rotatable bonds is 4. The van der Waals surface area contributed by atoms with Crippen molar-refractivity contribution in [1.29, 1.82) is 0 Å². The molecule has 40 heavy (non-hydrogen) atoms. The van der Waals surface area contributed by atoms with Gasteiger partial charge >= 0.3 is 0 Å².